The number of carbonyl (C=O) groups is 1. The van der Waals surface area contributed by atoms with Crippen molar-refractivity contribution in [3.63, 3.8) is 0 Å². The van der Waals surface area contributed by atoms with Crippen LogP contribution in [0, 0.1) is 0 Å². The fraction of sp³-hybridized carbons (Fsp3) is 0.750. The molecule has 0 aliphatic rings. The van der Waals surface area contributed by atoms with Gasteiger partial charge in [0.15, 0.2) is 0 Å². The van der Waals surface area contributed by atoms with Crippen molar-refractivity contribution < 1.29 is 9.90 Å². The summed E-state index contributed by atoms with van der Waals surface area (Å²) < 4.78 is 0. The van der Waals surface area contributed by atoms with Gasteiger partial charge in [0.1, 0.15) is 0 Å². The number of nitrogens with one attached hydrogen (secondary N) is 1. The maximum atomic E-state index is 10.1. The standard InChI is InChI=1S/C4H9NO2Se/c1-5-3(2-8)4(6)7/h3,5,8H,2H2,1H3,(H,6,7). The van der Waals surface area contributed by atoms with E-state index in [0.29, 0.717) is 5.32 Å². The zero-order valence-corrected chi connectivity index (χ0v) is 6.46. The molecule has 8 heavy (non-hydrogen) atoms. The Morgan fingerprint density at radius 3 is 2.50 bits per heavy atom. The normalized spacial score (nSPS) is 13.2. The number of rotatable bonds is 3. The van der Waals surface area contributed by atoms with Gasteiger partial charge < -0.3 is 0 Å². The van der Waals surface area contributed by atoms with Crippen molar-refractivity contribution in [1.82, 2.24) is 5.32 Å². The van der Waals surface area contributed by atoms with Crippen molar-refractivity contribution in [2.45, 2.75) is 11.4 Å². The van der Waals surface area contributed by atoms with E-state index in [-0.39, 0.29) is 0 Å². The zero-order valence-electron chi connectivity index (χ0n) is 4.59. The molecular formula is C4H9NO2Se. The number of likely N-dealkylation sites (N-methyl/N-ethyl adjacent to an activating group) is 1. The SMILES string of the molecule is CNC(C[SeH])C(=O)O. The van der Waals surface area contributed by atoms with Crippen LogP contribution >= 0.6 is 0 Å². The van der Waals surface area contributed by atoms with Gasteiger partial charge in [-0.25, -0.2) is 0 Å². The Bertz CT molecular complexity index is 82.1. The number of hydrogen-bond acceptors (Lipinski definition) is 2. The van der Waals surface area contributed by atoms with Gasteiger partial charge in [0, 0.05) is 0 Å². The first-order valence-corrected chi connectivity index (χ1v) is 3.56. The van der Waals surface area contributed by atoms with Crippen molar-refractivity contribution in [3.8, 4) is 0 Å². The van der Waals surface area contributed by atoms with E-state index in [0.717, 1.165) is 0 Å². The molecule has 0 aliphatic carbocycles. The predicted octanol–water partition coefficient (Wildman–Crippen LogP) is -1.02. The van der Waals surface area contributed by atoms with E-state index in [4.69, 9.17) is 5.11 Å². The van der Waals surface area contributed by atoms with Gasteiger partial charge in [-0.05, 0) is 0 Å². The van der Waals surface area contributed by atoms with Gasteiger partial charge in [0.25, 0.3) is 0 Å². The van der Waals surface area contributed by atoms with E-state index in [1.807, 2.05) is 0 Å². The topological polar surface area (TPSA) is 49.3 Å². The molecule has 0 radical (unpaired) electrons. The van der Waals surface area contributed by atoms with Gasteiger partial charge in [-0.1, -0.05) is 0 Å². The summed E-state index contributed by atoms with van der Waals surface area (Å²) in [6, 6.07) is -0.407. The molecule has 0 saturated carbocycles. The molecule has 0 aliphatic heterocycles. The molecule has 48 valence electrons. The second-order valence-corrected chi connectivity index (χ2v) is 2.13. The van der Waals surface area contributed by atoms with Crippen LogP contribution in [0.1, 0.15) is 0 Å². The van der Waals surface area contributed by atoms with E-state index in [2.05, 4.69) is 21.3 Å². The molecule has 0 rings (SSSR count). The molecule has 0 saturated heterocycles. The molecule has 4 heteroatoms. The fourth-order valence-electron chi connectivity index (χ4n) is 0.293. The summed E-state index contributed by atoms with van der Waals surface area (Å²) in [6.45, 7) is 0. The van der Waals surface area contributed by atoms with Crippen LogP contribution in [0.2, 0.25) is 5.32 Å². The summed E-state index contributed by atoms with van der Waals surface area (Å²) in [5.74, 6) is -0.798. The first-order valence-electron chi connectivity index (χ1n) is 2.23. The predicted molar refractivity (Wildman–Crippen MR) is 32.4 cm³/mol. The molecule has 0 fully saturated rings. The first kappa shape index (κ1) is 7.95. The summed E-state index contributed by atoms with van der Waals surface area (Å²) in [7, 11) is 1.63. The molecule has 0 aromatic carbocycles. The summed E-state index contributed by atoms with van der Waals surface area (Å²) in [6.07, 6.45) is 0. The second kappa shape index (κ2) is 3.89. The van der Waals surface area contributed by atoms with Crippen molar-refractivity contribution in [3.05, 3.63) is 0 Å². The van der Waals surface area contributed by atoms with Crippen molar-refractivity contribution in [2.24, 2.45) is 0 Å². The molecule has 3 nitrogen and oxygen atoms in total. The van der Waals surface area contributed by atoms with Crippen LogP contribution in [-0.4, -0.2) is 40.2 Å². The Labute approximate surface area is 56.3 Å². The Morgan fingerprint density at radius 2 is 2.50 bits per heavy atom. The summed E-state index contributed by atoms with van der Waals surface area (Å²) >= 11 is 2.23. The third-order valence-electron chi connectivity index (χ3n) is 0.829. The van der Waals surface area contributed by atoms with Gasteiger partial charge in [0.05, 0.1) is 0 Å². The average Bonchev–Trinajstić information content (AvgIpc) is 1.69. The molecule has 1 unspecified atom stereocenters. The van der Waals surface area contributed by atoms with Crippen molar-refractivity contribution in [2.75, 3.05) is 7.05 Å². The van der Waals surface area contributed by atoms with Crippen LogP contribution in [-0.2, 0) is 4.79 Å². The fourth-order valence-corrected chi connectivity index (χ4v) is 1.00. The number of aliphatic carboxylic acids is 1. The first-order chi connectivity index (χ1) is 3.72. The molecule has 2 N–H and O–H groups in total. The third kappa shape index (κ3) is 2.31. The number of hydrogen-bond donors (Lipinski definition) is 2. The van der Waals surface area contributed by atoms with E-state index in [1.54, 1.807) is 7.05 Å². The average molecular weight is 182 g/mol. The quantitative estimate of drug-likeness (QED) is 0.549. The Hall–Kier alpha value is -0.0505. The van der Waals surface area contributed by atoms with E-state index >= 15 is 0 Å². The summed E-state index contributed by atoms with van der Waals surface area (Å²) in [4.78, 5) is 10.1. The molecule has 1 atom stereocenters. The van der Waals surface area contributed by atoms with Gasteiger partial charge in [-0.15, -0.1) is 0 Å². The van der Waals surface area contributed by atoms with E-state index in [9.17, 15) is 4.79 Å². The summed E-state index contributed by atoms with van der Waals surface area (Å²) in [5.41, 5.74) is 0. The molecular weight excluding hydrogens is 173 g/mol. The molecule has 0 amide bonds. The zero-order chi connectivity index (χ0) is 6.57. The second-order valence-electron chi connectivity index (χ2n) is 1.36. The van der Waals surface area contributed by atoms with Gasteiger partial charge in [-0.2, -0.15) is 0 Å². The summed E-state index contributed by atoms with van der Waals surface area (Å²) in [5, 5.41) is 11.5. The maximum absolute atomic E-state index is 10.1. The Balaban J connectivity index is 3.52. The van der Waals surface area contributed by atoms with Crippen LogP contribution in [0.4, 0.5) is 0 Å². The number of carboxylic acids is 1. The van der Waals surface area contributed by atoms with Gasteiger partial charge >= 0.3 is 55.6 Å². The minimum absolute atomic E-state index is 0.407. The van der Waals surface area contributed by atoms with Crippen molar-refractivity contribution in [1.29, 1.82) is 0 Å². The third-order valence-corrected chi connectivity index (χ3v) is 1.60. The van der Waals surface area contributed by atoms with Crippen LogP contribution in [0.15, 0.2) is 0 Å². The molecule has 0 bridgehead atoms. The van der Waals surface area contributed by atoms with Crippen LogP contribution < -0.4 is 5.32 Å². The molecule has 0 spiro atoms. The monoisotopic (exact) mass is 183 g/mol. The van der Waals surface area contributed by atoms with Gasteiger partial charge in [0.2, 0.25) is 0 Å². The molecule has 0 aromatic heterocycles. The van der Waals surface area contributed by atoms with Gasteiger partial charge in [-0.3, -0.25) is 0 Å². The van der Waals surface area contributed by atoms with Crippen LogP contribution in [0.3, 0.4) is 0 Å². The Kier molecular flexibility index (Phi) is 3.87. The molecule has 0 heterocycles. The number of carboxylic acid groups (broad SMARTS) is 1. The van der Waals surface area contributed by atoms with Crippen LogP contribution in [0.25, 0.3) is 0 Å². The molecule has 0 aromatic rings. The van der Waals surface area contributed by atoms with E-state index < -0.39 is 12.0 Å². The minimum atomic E-state index is -0.798. The van der Waals surface area contributed by atoms with Crippen LogP contribution in [0.5, 0.6) is 0 Å². The van der Waals surface area contributed by atoms with E-state index in [1.165, 1.54) is 0 Å². The van der Waals surface area contributed by atoms with Crippen molar-refractivity contribution >= 4 is 22.0 Å². The Morgan fingerprint density at radius 1 is 2.00 bits per heavy atom.